The van der Waals surface area contributed by atoms with E-state index in [9.17, 15) is 24.0 Å². The summed E-state index contributed by atoms with van der Waals surface area (Å²) in [6.45, 7) is 3.33. The summed E-state index contributed by atoms with van der Waals surface area (Å²) in [4.78, 5) is 62.5. The van der Waals surface area contributed by atoms with Crippen LogP contribution in [0.3, 0.4) is 0 Å². The van der Waals surface area contributed by atoms with Crippen LogP contribution < -0.4 is 33.2 Å². The highest BCUT2D eigenvalue weighted by atomic mass is 16.4. The van der Waals surface area contributed by atoms with Crippen molar-refractivity contribution < 1.29 is 34.2 Å². The highest BCUT2D eigenvalue weighted by Gasteiger charge is 2.28. The molecule has 0 fully saturated rings. The van der Waals surface area contributed by atoms with Gasteiger partial charge in [0, 0.05) is 6.54 Å². The number of nitrogens with zero attached hydrogens (tertiary/aromatic N) is 1. The predicted molar refractivity (Wildman–Crippen MR) is 114 cm³/mol. The van der Waals surface area contributed by atoms with Gasteiger partial charge in [0.2, 0.25) is 17.7 Å². The van der Waals surface area contributed by atoms with E-state index in [-0.39, 0.29) is 31.3 Å². The molecular formula is C18H33N7O7. The number of carbonyl (C=O) groups is 5. The van der Waals surface area contributed by atoms with Gasteiger partial charge in [-0.25, -0.2) is 4.79 Å². The topological polar surface area (TPSA) is 252 Å². The van der Waals surface area contributed by atoms with Crippen molar-refractivity contribution in [1.82, 2.24) is 16.0 Å². The molecule has 0 bridgehead atoms. The maximum absolute atomic E-state index is 12.5. The van der Waals surface area contributed by atoms with Crippen molar-refractivity contribution in [3.63, 3.8) is 0 Å². The Labute approximate surface area is 185 Å². The van der Waals surface area contributed by atoms with Gasteiger partial charge in [0.05, 0.1) is 19.0 Å². The summed E-state index contributed by atoms with van der Waals surface area (Å²) in [5.41, 5.74) is 16.2. The molecule has 11 N–H and O–H groups in total. The molecular weight excluding hydrogens is 426 g/mol. The predicted octanol–water partition coefficient (Wildman–Crippen LogP) is -2.94. The second-order valence-corrected chi connectivity index (χ2v) is 7.20. The summed E-state index contributed by atoms with van der Waals surface area (Å²) in [7, 11) is 0. The van der Waals surface area contributed by atoms with Crippen molar-refractivity contribution >= 4 is 35.6 Å². The molecule has 0 heterocycles. The Hall–Kier alpha value is -3.42. The number of aliphatic carboxylic acids is 2. The van der Waals surface area contributed by atoms with Gasteiger partial charge in [-0.1, -0.05) is 20.3 Å². The van der Waals surface area contributed by atoms with Gasteiger partial charge in [-0.05, 0) is 18.8 Å². The summed E-state index contributed by atoms with van der Waals surface area (Å²) in [6.07, 6.45) is 0.0888. The number of carboxylic acid groups (broad SMARTS) is 2. The molecule has 0 saturated heterocycles. The largest absolute Gasteiger partial charge is 0.481 e. The monoisotopic (exact) mass is 459 g/mol. The van der Waals surface area contributed by atoms with E-state index in [4.69, 9.17) is 27.4 Å². The zero-order chi connectivity index (χ0) is 24.8. The molecule has 0 aromatic rings. The number of amides is 3. The summed E-state index contributed by atoms with van der Waals surface area (Å²) >= 11 is 0. The Morgan fingerprint density at radius 1 is 1.00 bits per heavy atom. The molecule has 0 aromatic heterocycles. The normalized spacial score (nSPS) is 14.2. The third-order valence-electron chi connectivity index (χ3n) is 4.57. The first-order valence-electron chi connectivity index (χ1n) is 10.0. The van der Waals surface area contributed by atoms with Crippen LogP contribution in [0.25, 0.3) is 0 Å². The van der Waals surface area contributed by atoms with Gasteiger partial charge in [0.1, 0.15) is 12.1 Å². The minimum atomic E-state index is -1.69. The number of rotatable bonds is 15. The van der Waals surface area contributed by atoms with E-state index in [0.717, 1.165) is 0 Å². The van der Waals surface area contributed by atoms with Crippen molar-refractivity contribution in [3.8, 4) is 0 Å². The highest BCUT2D eigenvalue weighted by molar-refractivity contribution is 5.93. The molecule has 0 aliphatic heterocycles. The van der Waals surface area contributed by atoms with E-state index in [1.807, 2.05) is 6.92 Å². The smallest absolute Gasteiger partial charge is 0.326 e. The minimum absolute atomic E-state index is 0.0219. The molecule has 0 aliphatic carbocycles. The fraction of sp³-hybridized carbons (Fsp3) is 0.667. The Bertz CT molecular complexity index is 710. The number of guanidine groups is 1. The molecule has 32 heavy (non-hydrogen) atoms. The number of hydrogen-bond donors (Lipinski definition) is 8. The molecule has 14 heteroatoms. The van der Waals surface area contributed by atoms with E-state index in [2.05, 4.69) is 20.9 Å². The zero-order valence-corrected chi connectivity index (χ0v) is 18.2. The third kappa shape index (κ3) is 11.7. The van der Waals surface area contributed by atoms with E-state index in [1.54, 1.807) is 6.92 Å². The molecule has 0 rings (SSSR count). The number of carbonyl (C=O) groups excluding carboxylic acids is 3. The number of nitrogens with one attached hydrogen (secondary N) is 3. The lowest BCUT2D eigenvalue weighted by Gasteiger charge is -2.21. The quantitative estimate of drug-likeness (QED) is 0.0702. The molecule has 4 unspecified atom stereocenters. The molecule has 14 nitrogen and oxygen atoms in total. The second-order valence-electron chi connectivity index (χ2n) is 7.20. The van der Waals surface area contributed by atoms with Crippen molar-refractivity contribution in [2.45, 2.75) is 57.7 Å². The van der Waals surface area contributed by atoms with Crippen LogP contribution in [0.1, 0.15) is 39.5 Å². The summed E-state index contributed by atoms with van der Waals surface area (Å²) in [5.74, 6) is -5.39. The van der Waals surface area contributed by atoms with Crippen LogP contribution in [0, 0.1) is 5.92 Å². The number of hydrogen-bond acceptors (Lipinski definition) is 7. The average molecular weight is 460 g/mol. The van der Waals surface area contributed by atoms with Gasteiger partial charge in [-0.2, -0.15) is 0 Å². The number of carboxylic acids is 2. The van der Waals surface area contributed by atoms with E-state index < -0.39 is 60.8 Å². The van der Waals surface area contributed by atoms with Gasteiger partial charge in [0.15, 0.2) is 5.96 Å². The molecule has 0 aromatic carbocycles. The minimum Gasteiger partial charge on any atom is -0.481 e. The third-order valence-corrected chi connectivity index (χ3v) is 4.57. The standard InChI is InChI=1S/C18H33N7O7/c1-3-9(2)14(19)16(30)23-8-12(26)24-10(5-4-6-22-18(20)21)15(29)25-11(17(31)32)7-13(27)28/h9-11,14H,3-8,19H2,1-2H3,(H,23,30)(H,24,26)(H,25,29)(H,27,28)(H,31,32)(H4,20,21,22). The van der Waals surface area contributed by atoms with Crippen LogP contribution in [0.4, 0.5) is 0 Å². The summed E-state index contributed by atoms with van der Waals surface area (Å²) < 4.78 is 0. The second kappa shape index (κ2) is 14.6. The molecule has 182 valence electrons. The Morgan fingerprint density at radius 2 is 1.62 bits per heavy atom. The van der Waals surface area contributed by atoms with Crippen LogP contribution in [0.5, 0.6) is 0 Å². The van der Waals surface area contributed by atoms with Crippen molar-refractivity contribution in [3.05, 3.63) is 0 Å². The fourth-order valence-electron chi connectivity index (χ4n) is 2.46. The van der Waals surface area contributed by atoms with Gasteiger partial charge < -0.3 is 43.4 Å². The van der Waals surface area contributed by atoms with Gasteiger partial charge >= 0.3 is 11.9 Å². The van der Waals surface area contributed by atoms with E-state index >= 15 is 0 Å². The van der Waals surface area contributed by atoms with Gasteiger partial charge in [-0.3, -0.25) is 24.2 Å². The van der Waals surface area contributed by atoms with Crippen molar-refractivity contribution in [2.75, 3.05) is 13.1 Å². The summed E-state index contributed by atoms with van der Waals surface area (Å²) in [5, 5.41) is 24.7. The maximum Gasteiger partial charge on any atom is 0.326 e. The van der Waals surface area contributed by atoms with Gasteiger partial charge in [0.25, 0.3) is 0 Å². The Kier molecular flexibility index (Phi) is 13.0. The SMILES string of the molecule is CCC(C)C(N)C(=O)NCC(=O)NC(CCCN=C(N)N)C(=O)NC(CC(=O)O)C(=O)O. The highest BCUT2D eigenvalue weighted by Crippen LogP contribution is 2.05. The van der Waals surface area contributed by atoms with Crippen LogP contribution in [-0.4, -0.2) is 77.0 Å². The molecule has 0 aliphatic rings. The van der Waals surface area contributed by atoms with Crippen LogP contribution in [0.15, 0.2) is 4.99 Å². The lowest BCUT2D eigenvalue weighted by molar-refractivity contribution is -0.147. The molecule has 3 amide bonds. The van der Waals surface area contributed by atoms with Crippen molar-refractivity contribution in [1.29, 1.82) is 0 Å². The zero-order valence-electron chi connectivity index (χ0n) is 18.2. The number of aliphatic imine (C=N–C) groups is 1. The van der Waals surface area contributed by atoms with Crippen LogP contribution in [-0.2, 0) is 24.0 Å². The first-order valence-corrected chi connectivity index (χ1v) is 10.0. The van der Waals surface area contributed by atoms with Crippen LogP contribution in [0.2, 0.25) is 0 Å². The lowest BCUT2D eigenvalue weighted by Crippen LogP contribution is -2.54. The van der Waals surface area contributed by atoms with Crippen LogP contribution >= 0.6 is 0 Å². The van der Waals surface area contributed by atoms with Gasteiger partial charge in [-0.15, -0.1) is 0 Å². The lowest BCUT2D eigenvalue weighted by atomic mass is 9.99. The molecule has 0 radical (unpaired) electrons. The average Bonchev–Trinajstić information content (AvgIpc) is 2.71. The van der Waals surface area contributed by atoms with Crippen molar-refractivity contribution in [2.24, 2.45) is 28.1 Å². The number of nitrogens with two attached hydrogens (primary N) is 3. The first kappa shape index (κ1) is 28.6. The Morgan fingerprint density at radius 3 is 2.12 bits per heavy atom. The van der Waals surface area contributed by atoms with E-state index in [1.165, 1.54) is 0 Å². The molecule has 0 spiro atoms. The summed E-state index contributed by atoms with van der Waals surface area (Å²) in [6, 6.07) is -3.71. The first-order chi connectivity index (χ1) is 14.9. The van der Waals surface area contributed by atoms with E-state index in [0.29, 0.717) is 6.42 Å². The maximum atomic E-state index is 12.5. The molecule has 0 saturated carbocycles. The molecule has 4 atom stereocenters. The Balaban J connectivity index is 5.10. The fourth-order valence-corrected chi connectivity index (χ4v) is 2.46.